The van der Waals surface area contributed by atoms with Crippen LogP contribution in [0.2, 0.25) is 5.02 Å². The molecule has 4 heteroatoms. The summed E-state index contributed by atoms with van der Waals surface area (Å²) >= 11 is 5.77. The molecule has 2 rings (SSSR count). The van der Waals surface area contributed by atoms with Crippen molar-refractivity contribution in [2.24, 2.45) is 0 Å². The number of halogens is 3. The molecular formula is C10H9ClF2O. The molecule has 1 nitrogen and oxygen atoms in total. The molecule has 0 saturated carbocycles. The van der Waals surface area contributed by atoms with E-state index in [1.807, 2.05) is 0 Å². The molecule has 1 N–H and O–H groups in total. The molecule has 0 bridgehead atoms. The summed E-state index contributed by atoms with van der Waals surface area (Å²) in [5, 5.41) is 9.73. The van der Waals surface area contributed by atoms with Crippen LogP contribution < -0.4 is 0 Å². The smallest absolute Gasteiger partial charge is 0.164 e. The Morgan fingerprint density at radius 2 is 2.14 bits per heavy atom. The second kappa shape index (κ2) is 3.48. The summed E-state index contributed by atoms with van der Waals surface area (Å²) in [6, 6.07) is 0.966. The SMILES string of the molecule is O[C@@H]1CCCc2c(Cl)cc(F)c(F)c21. The Hall–Kier alpha value is -0.670. The van der Waals surface area contributed by atoms with Gasteiger partial charge in [0, 0.05) is 10.6 Å². The summed E-state index contributed by atoms with van der Waals surface area (Å²) in [6.07, 6.45) is 0.886. The van der Waals surface area contributed by atoms with E-state index >= 15 is 0 Å². The zero-order valence-electron chi connectivity index (χ0n) is 7.36. The minimum atomic E-state index is -0.991. The Morgan fingerprint density at radius 1 is 1.43 bits per heavy atom. The lowest BCUT2D eigenvalue weighted by Gasteiger charge is -2.22. The minimum absolute atomic E-state index is 0.0428. The van der Waals surface area contributed by atoms with E-state index in [4.69, 9.17) is 11.6 Å². The fourth-order valence-corrected chi connectivity index (χ4v) is 2.16. The van der Waals surface area contributed by atoms with Gasteiger partial charge >= 0.3 is 0 Å². The third-order valence-corrected chi connectivity index (χ3v) is 2.89. The van der Waals surface area contributed by atoms with Crippen LogP contribution in [0.5, 0.6) is 0 Å². The average molecular weight is 219 g/mol. The van der Waals surface area contributed by atoms with Gasteiger partial charge in [0.25, 0.3) is 0 Å². The van der Waals surface area contributed by atoms with Gasteiger partial charge in [-0.1, -0.05) is 11.6 Å². The Labute approximate surface area is 85.3 Å². The first kappa shape index (κ1) is 9.87. The molecule has 0 fully saturated rings. The third kappa shape index (κ3) is 1.41. The number of aliphatic hydroxyl groups excluding tert-OH is 1. The second-order valence-corrected chi connectivity index (χ2v) is 3.86. The van der Waals surface area contributed by atoms with Gasteiger partial charge in [0.2, 0.25) is 0 Å². The van der Waals surface area contributed by atoms with Gasteiger partial charge < -0.3 is 5.11 Å². The van der Waals surface area contributed by atoms with Crippen LogP contribution in [0.15, 0.2) is 6.07 Å². The molecule has 14 heavy (non-hydrogen) atoms. The molecule has 0 aliphatic heterocycles. The van der Waals surface area contributed by atoms with Gasteiger partial charge in [-0.2, -0.15) is 0 Å². The second-order valence-electron chi connectivity index (χ2n) is 3.45. The highest BCUT2D eigenvalue weighted by molar-refractivity contribution is 6.31. The fourth-order valence-electron chi connectivity index (χ4n) is 1.87. The predicted molar refractivity (Wildman–Crippen MR) is 49.3 cm³/mol. The summed E-state index contributed by atoms with van der Waals surface area (Å²) in [5.74, 6) is -1.95. The molecule has 1 aromatic carbocycles. The Morgan fingerprint density at radius 3 is 2.86 bits per heavy atom. The lowest BCUT2D eigenvalue weighted by molar-refractivity contribution is 0.150. The average Bonchev–Trinajstić information content (AvgIpc) is 2.14. The van der Waals surface area contributed by atoms with Gasteiger partial charge in [-0.3, -0.25) is 0 Å². The normalized spacial score (nSPS) is 20.7. The van der Waals surface area contributed by atoms with Gasteiger partial charge in [-0.05, 0) is 30.9 Å². The lowest BCUT2D eigenvalue weighted by Crippen LogP contribution is -2.13. The molecule has 1 aliphatic rings. The summed E-state index contributed by atoms with van der Waals surface area (Å²) in [6.45, 7) is 0. The van der Waals surface area contributed by atoms with Gasteiger partial charge in [0.1, 0.15) is 0 Å². The maximum atomic E-state index is 13.3. The molecule has 0 amide bonds. The summed E-state index contributed by atoms with van der Waals surface area (Å²) < 4.78 is 26.3. The highest BCUT2D eigenvalue weighted by Crippen LogP contribution is 2.36. The number of hydrogen-bond donors (Lipinski definition) is 1. The van der Waals surface area contributed by atoms with E-state index in [9.17, 15) is 13.9 Å². The first-order chi connectivity index (χ1) is 6.61. The van der Waals surface area contributed by atoms with E-state index in [0.29, 0.717) is 18.4 Å². The van der Waals surface area contributed by atoms with Crippen LogP contribution in [0, 0.1) is 11.6 Å². The zero-order valence-corrected chi connectivity index (χ0v) is 8.11. The van der Waals surface area contributed by atoms with E-state index in [0.717, 1.165) is 12.5 Å². The maximum Gasteiger partial charge on any atom is 0.164 e. The minimum Gasteiger partial charge on any atom is -0.388 e. The first-order valence-electron chi connectivity index (χ1n) is 4.45. The quantitative estimate of drug-likeness (QED) is 0.664. The van der Waals surface area contributed by atoms with Crippen molar-refractivity contribution in [2.75, 3.05) is 0 Å². The summed E-state index contributed by atoms with van der Waals surface area (Å²) in [7, 11) is 0. The molecule has 0 spiro atoms. The molecule has 0 heterocycles. The van der Waals surface area contributed by atoms with Crippen molar-refractivity contribution < 1.29 is 13.9 Å². The van der Waals surface area contributed by atoms with Gasteiger partial charge in [0.05, 0.1) is 6.10 Å². The van der Waals surface area contributed by atoms with E-state index in [-0.39, 0.29) is 10.6 Å². The van der Waals surface area contributed by atoms with E-state index < -0.39 is 17.7 Å². The third-order valence-electron chi connectivity index (χ3n) is 2.55. The highest BCUT2D eigenvalue weighted by Gasteiger charge is 2.26. The largest absolute Gasteiger partial charge is 0.388 e. The topological polar surface area (TPSA) is 20.2 Å². The predicted octanol–water partition coefficient (Wildman–Crippen LogP) is 2.99. The zero-order chi connectivity index (χ0) is 10.3. The molecule has 0 unspecified atom stereocenters. The van der Waals surface area contributed by atoms with E-state index in [1.54, 1.807) is 0 Å². The number of benzene rings is 1. The molecule has 0 radical (unpaired) electrons. The molecule has 0 saturated heterocycles. The van der Waals surface area contributed by atoms with Crippen molar-refractivity contribution in [2.45, 2.75) is 25.4 Å². The van der Waals surface area contributed by atoms with Crippen molar-refractivity contribution in [3.05, 3.63) is 33.9 Å². The van der Waals surface area contributed by atoms with Crippen LogP contribution >= 0.6 is 11.6 Å². The first-order valence-corrected chi connectivity index (χ1v) is 4.83. The fraction of sp³-hybridized carbons (Fsp3) is 0.400. The van der Waals surface area contributed by atoms with Gasteiger partial charge in [-0.15, -0.1) is 0 Å². The molecule has 1 aromatic rings. The van der Waals surface area contributed by atoms with Crippen LogP contribution in [0.3, 0.4) is 0 Å². The summed E-state index contributed by atoms with van der Waals surface area (Å²) in [4.78, 5) is 0. The number of aliphatic hydroxyl groups is 1. The molecular weight excluding hydrogens is 210 g/mol. The maximum absolute atomic E-state index is 13.3. The molecule has 1 atom stereocenters. The monoisotopic (exact) mass is 218 g/mol. The Balaban J connectivity index is 2.67. The van der Waals surface area contributed by atoms with Gasteiger partial charge in [-0.25, -0.2) is 8.78 Å². The number of fused-ring (bicyclic) bond motifs is 1. The van der Waals surface area contributed by atoms with Crippen LogP contribution in [0.25, 0.3) is 0 Å². The van der Waals surface area contributed by atoms with Gasteiger partial charge in [0.15, 0.2) is 11.6 Å². The van der Waals surface area contributed by atoms with Crippen LogP contribution in [0.1, 0.15) is 30.1 Å². The number of hydrogen-bond acceptors (Lipinski definition) is 1. The Kier molecular flexibility index (Phi) is 2.45. The van der Waals surface area contributed by atoms with E-state index in [1.165, 1.54) is 0 Å². The lowest BCUT2D eigenvalue weighted by atomic mass is 9.89. The van der Waals surface area contributed by atoms with Crippen molar-refractivity contribution in [3.63, 3.8) is 0 Å². The molecule has 0 aromatic heterocycles. The number of rotatable bonds is 0. The van der Waals surface area contributed by atoms with Crippen LogP contribution in [-0.2, 0) is 6.42 Å². The van der Waals surface area contributed by atoms with Crippen LogP contribution in [0.4, 0.5) is 8.78 Å². The standard InChI is InChI=1S/C10H9ClF2O/c11-6-4-7(12)10(13)9-5(6)2-1-3-8(9)14/h4,8,14H,1-3H2/t8-/m1/s1. The van der Waals surface area contributed by atoms with E-state index in [2.05, 4.69) is 0 Å². The van der Waals surface area contributed by atoms with Crippen molar-refractivity contribution >= 4 is 11.6 Å². The molecule has 1 aliphatic carbocycles. The summed E-state index contributed by atoms with van der Waals surface area (Å²) in [5.41, 5.74) is 0.588. The highest BCUT2D eigenvalue weighted by atomic mass is 35.5. The van der Waals surface area contributed by atoms with Crippen molar-refractivity contribution in [3.8, 4) is 0 Å². The Bertz CT molecular complexity index is 379. The van der Waals surface area contributed by atoms with Crippen LogP contribution in [-0.4, -0.2) is 5.11 Å². The van der Waals surface area contributed by atoms with Crippen molar-refractivity contribution in [1.82, 2.24) is 0 Å². The molecule has 76 valence electrons. The van der Waals surface area contributed by atoms with Crippen molar-refractivity contribution in [1.29, 1.82) is 0 Å².